The molecule has 2 aromatic rings. The Hall–Kier alpha value is -1.81. The van der Waals surface area contributed by atoms with E-state index < -0.39 is 0 Å². The highest BCUT2D eigenvalue weighted by Crippen LogP contribution is 2.23. The van der Waals surface area contributed by atoms with Crippen LogP contribution < -0.4 is 10.1 Å². The molecule has 0 atom stereocenters. The fourth-order valence-corrected chi connectivity index (χ4v) is 2.29. The molecule has 0 saturated heterocycles. The molecule has 0 unspecified atom stereocenters. The van der Waals surface area contributed by atoms with E-state index in [-0.39, 0.29) is 5.91 Å². The van der Waals surface area contributed by atoms with Gasteiger partial charge in [0.05, 0.1) is 18.7 Å². The number of amides is 1. The second-order valence-corrected chi connectivity index (χ2v) is 4.57. The van der Waals surface area contributed by atoms with Crippen LogP contribution in [0, 0.1) is 0 Å². The molecule has 1 aromatic carbocycles. The maximum Gasteiger partial charge on any atom is 0.228 e. The SMILES string of the molecule is CCOc1ccccc1NC(=O)Cc1ccsc1. The number of carbonyl (C=O) groups excluding carboxylic acids is 1. The molecular weight excluding hydrogens is 246 g/mol. The minimum absolute atomic E-state index is 0.0273. The molecule has 0 aliphatic heterocycles. The molecule has 3 nitrogen and oxygen atoms in total. The number of benzene rings is 1. The molecule has 0 bridgehead atoms. The summed E-state index contributed by atoms with van der Waals surface area (Å²) in [6.45, 7) is 2.50. The molecule has 94 valence electrons. The van der Waals surface area contributed by atoms with Gasteiger partial charge in [0.1, 0.15) is 5.75 Å². The lowest BCUT2D eigenvalue weighted by Gasteiger charge is -2.10. The average molecular weight is 261 g/mol. The van der Waals surface area contributed by atoms with Crippen LogP contribution >= 0.6 is 11.3 Å². The monoisotopic (exact) mass is 261 g/mol. The van der Waals surface area contributed by atoms with Crippen LogP contribution in [0.1, 0.15) is 12.5 Å². The van der Waals surface area contributed by atoms with E-state index in [1.165, 1.54) is 0 Å². The van der Waals surface area contributed by atoms with E-state index in [1.54, 1.807) is 11.3 Å². The van der Waals surface area contributed by atoms with Crippen LogP contribution in [0.15, 0.2) is 41.1 Å². The summed E-state index contributed by atoms with van der Waals surface area (Å²) in [4.78, 5) is 11.9. The summed E-state index contributed by atoms with van der Waals surface area (Å²) in [6, 6.07) is 9.42. The summed E-state index contributed by atoms with van der Waals surface area (Å²) < 4.78 is 5.46. The molecule has 4 heteroatoms. The first-order chi connectivity index (χ1) is 8.79. The highest BCUT2D eigenvalue weighted by Gasteiger charge is 2.08. The third kappa shape index (κ3) is 3.34. The van der Waals surface area contributed by atoms with Crippen LogP contribution in [-0.4, -0.2) is 12.5 Å². The molecule has 18 heavy (non-hydrogen) atoms. The lowest BCUT2D eigenvalue weighted by atomic mass is 10.2. The minimum Gasteiger partial charge on any atom is -0.492 e. The highest BCUT2D eigenvalue weighted by atomic mass is 32.1. The molecule has 0 saturated carbocycles. The molecule has 0 spiro atoms. The van der Waals surface area contributed by atoms with Gasteiger partial charge in [-0.3, -0.25) is 4.79 Å². The summed E-state index contributed by atoms with van der Waals surface area (Å²) in [5.74, 6) is 0.680. The number of thiophene rings is 1. The van der Waals surface area contributed by atoms with Gasteiger partial charge < -0.3 is 10.1 Å². The van der Waals surface area contributed by atoms with E-state index in [9.17, 15) is 4.79 Å². The first-order valence-electron chi connectivity index (χ1n) is 5.82. The molecule has 1 aromatic heterocycles. The summed E-state index contributed by atoms with van der Waals surface area (Å²) in [6.07, 6.45) is 0.393. The summed E-state index contributed by atoms with van der Waals surface area (Å²) in [5.41, 5.74) is 1.76. The van der Waals surface area contributed by atoms with Crippen molar-refractivity contribution in [1.29, 1.82) is 0 Å². The standard InChI is InChI=1S/C14H15NO2S/c1-2-17-13-6-4-3-5-12(13)15-14(16)9-11-7-8-18-10-11/h3-8,10H,2,9H2,1H3,(H,15,16). The predicted octanol–water partition coefficient (Wildman–Crippen LogP) is 3.33. The summed E-state index contributed by atoms with van der Waals surface area (Å²) >= 11 is 1.59. The minimum atomic E-state index is -0.0273. The molecule has 0 radical (unpaired) electrons. The van der Waals surface area contributed by atoms with Gasteiger partial charge in [-0.2, -0.15) is 11.3 Å². The van der Waals surface area contributed by atoms with E-state index in [0.717, 1.165) is 11.3 Å². The number of hydrogen-bond donors (Lipinski definition) is 1. The van der Waals surface area contributed by atoms with Crippen molar-refractivity contribution in [3.05, 3.63) is 46.7 Å². The van der Waals surface area contributed by atoms with E-state index in [4.69, 9.17) is 4.74 Å². The van der Waals surface area contributed by atoms with Crippen LogP contribution in [-0.2, 0) is 11.2 Å². The number of carbonyl (C=O) groups is 1. The molecule has 1 heterocycles. The second kappa shape index (κ2) is 6.21. The third-order valence-electron chi connectivity index (χ3n) is 2.41. The number of hydrogen-bond acceptors (Lipinski definition) is 3. The summed E-state index contributed by atoms with van der Waals surface area (Å²) in [7, 11) is 0. The van der Waals surface area contributed by atoms with E-state index >= 15 is 0 Å². The Morgan fingerprint density at radius 3 is 2.89 bits per heavy atom. The topological polar surface area (TPSA) is 38.3 Å². The van der Waals surface area contributed by atoms with Crippen molar-refractivity contribution in [1.82, 2.24) is 0 Å². The quantitative estimate of drug-likeness (QED) is 0.896. The van der Waals surface area contributed by atoms with Gasteiger partial charge in [0, 0.05) is 0 Å². The normalized spacial score (nSPS) is 10.1. The van der Waals surface area contributed by atoms with Gasteiger partial charge in [-0.05, 0) is 41.4 Å². The van der Waals surface area contributed by atoms with E-state index in [1.807, 2.05) is 48.0 Å². The Labute approximate surface area is 110 Å². The molecule has 1 amide bonds. The Bertz CT molecular complexity index is 508. The van der Waals surface area contributed by atoms with Crippen molar-refractivity contribution in [3.63, 3.8) is 0 Å². The Morgan fingerprint density at radius 1 is 1.33 bits per heavy atom. The zero-order chi connectivity index (χ0) is 12.8. The third-order valence-corrected chi connectivity index (χ3v) is 3.14. The molecule has 0 aliphatic rings. The predicted molar refractivity (Wildman–Crippen MR) is 74.3 cm³/mol. The van der Waals surface area contributed by atoms with Gasteiger partial charge in [-0.25, -0.2) is 0 Å². The highest BCUT2D eigenvalue weighted by molar-refractivity contribution is 7.08. The zero-order valence-corrected chi connectivity index (χ0v) is 11.0. The number of ether oxygens (including phenoxy) is 1. The van der Waals surface area contributed by atoms with Crippen LogP contribution in [0.5, 0.6) is 5.75 Å². The van der Waals surface area contributed by atoms with Gasteiger partial charge in [0.25, 0.3) is 0 Å². The van der Waals surface area contributed by atoms with Crippen molar-refractivity contribution in [2.45, 2.75) is 13.3 Å². The first-order valence-corrected chi connectivity index (χ1v) is 6.76. The number of para-hydroxylation sites is 2. The molecule has 2 rings (SSSR count). The van der Waals surface area contributed by atoms with Crippen molar-refractivity contribution >= 4 is 22.9 Å². The second-order valence-electron chi connectivity index (χ2n) is 3.79. The number of nitrogens with one attached hydrogen (secondary N) is 1. The zero-order valence-electron chi connectivity index (χ0n) is 10.2. The van der Waals surface area contributed by atoms with Crippen LogP contribution in [0.2, 0.25) is 0 Å². The fraction of sp³-hybridized carbons (Fsp3) is 0.214. The van der Waals surface area contributed by atoms with E-state index in [0.29, 0.717) is 18.8 Å². The molecule has 1 N–H and O–H groups in total. The van der Waals surface area contributed by atoms with E-state index in [2.05, 4.69) is 5.32 Å². The number of rotatable bonds is 5. The van der Waals surface area contributed by atoms with Crippen molar-refractivity contribution in [2.75, 3.05) is 11.9 Å². The maximum absolute atomic E-state index is 11.9. The lowest BCUT2D eigenvalue weighted by Crippen LogP contribution is -2.14. The van der Waals surface area contributed by atoms with Gasteiger partial charge >= 0.3 is 0 Å². The Balaban J connectivity index is 2.02. The van der Waals surface area contributed by atoms with Gasteiger partial charge in [0.2, 0.25) is 5.91 Å². The van der Waals surface area contributed by atoms with Gasteiger partial charge in [0.15, 0.2) is 0 Å². The maximum atomic E-state index is 11.9. The fourth-order valence-electron chi connectivity index (χ4n) is 1.62. The van der Waals surface area contributed by atoms with Crippen LogP contribution in [0.4, 0.5) is 5.69 Å². The van der Waals surface area contributed by atoms with Crippen LogP contribution in [0.25, 0.3) is 0 Å². The largest absolute Gasteiger partial charge is 0.492 e. The van der Waals surface area contributed by atoms with Crippen molar-refractivity contribution < 1.29 is 9.53 Å². The van der Waals surface area contributed by atoms with Crippen LogP contribution in [0.3, 0.4) is 0 Å². The average Bonchev–Trinajstić information content (AvgIpc) is 2.84. The molecular formula is C14H15NO2S. The summed E-state index contributed by atoms with van der Waals surface area (Å²) in [5, 5.41) is 6.82. The molecule has 0 fully saturated rings. The van der Waals surface area contributed by atoms with Gasteiger partial charge in [-0.15, -0.1) is 0 Å². The smallest absolute Gasteiger partial charge is 0.228 e. The van der Waals surface area contributed by atoms with Crippen molar-refractivity contribution in [2.24, 2.45) is 0 Å². The van der Waals surface area contributed by atoms with Gasteiger partial charge in [-0.1, -0.05) is 12.1 Å². The number of anilines is 1. The van der Waals surface area contributed by atoms with Crippen molar-refractivity contribution in [3.8, 4) is 5.75 Å². The Kier molecular flexibility index (Phi) is 4.36. The first kappa shape index (κ1) is 12.6. The molecule has 0 aliphatic carbocycles. The lowest BCUT2D eigenvalue weighted by molar-refractivity contribution is -0.115. The Morgan fingerprint density at radius 2 is 2.17 bits per heavy atom.